The van der Waals surface area contributed by atoms with Gasteiger partial charge in [-0.1, -0.05) is 6.92 Å². The molecule has 2 atom stereocenters. The van der Waals surface area contributed by atoms with E-state index in [1.165, 1.54) is 16.2 Å². The number of ether oxygens (including phenoxy) is 1. The predicted octanol–water partition coefficient (Wildman–Crippen LogP) is 1.35. The summed E-state index contributed by atoms with van der Waals surface area (Å²) in [7, 11) is 0. The molecule has 1 aromatic rings. The molecule has 1 aliphatic rings. The van der Waals surface area contributed by atoms with Gasteiger partial charge >= 0.3 is 0 Å². The van der Waals surface area contributed by atoms with Gasteiger partial charge in [-0.2, -0.15) is 0 Å². The van der Waals surface area contributed by atoms with Crippen LogP contribution < -0.4 is 11.3 Å². The summed E-state index contributed by atoms with van der Waals surface area (Å²) in [5, 5.41) is 0. The first-order valence-corrected chi connectivity index (χ1v) is 7.41. The third-order valence-corrected chi connectivity index (χ3v) is 4.50. The first-order valence-electron chi connectivity index (χ1n) is 6.59. The van der Waals surface area contributed by atoms with E-state index in [9.17, 15) is 4.79 Å². The summed E-state index contributed by atoms with van der Waals surface area (Å²) in [6, 6.07) is 4.29. The van der Waals surface area contributed by atoms with Crippen molar-refractivity contribution >= 4 is 17.2 Å². The lowest BCUT2D eigenvalue weighted by Crippen LogP contribution is -2.47. The molecule has 2 rings (SSSR count). The zero-order valence-corrected chi connectivity index (χ0v) is 12.2. The lowest BCUT2D eigenvalue weighted by molar-refractivity contribution is -0.0588. The summed E-state index contributed by atoms with van der Waals surface area (Å²) in [5.74, 6) is 4.92. The number of nitrogens with one attached hydrogen (secondary N) is 1. The van der Waals surface area contributed by atoms with E-state index in [4.69, 9.17) is 10.6 Å². The van der Waals surface area contributed by atoms with Crippen LogP contribution >= 0.6 is 11.3 Å². The van der Waals surface area contributed by atoms with Gasteiger partial charge in [0.15, 0.2) is 0 Å². The van der Waals surface area contributed by atoms with Crippen LogP contribution in [0.15, 0.2) is 12.1 Å². The van der Waals surface area contributed by atoms with Crippen molar-refractivity contribution in [2.75, 3.05) is 13.2 Å². The number of carbonyl (C=O) groups excluding carboxylic acids is 1. The minimum Gasteiger partial charge on any atom is -0.376 e. The molecular formula is C13H21N3O2S. The largest absolute Gasteiger partial charge is 0.376 e. The lowest BCUT2D eigenvalue weighted by Gasteiger charge is -2.38. The Labute approximate surface area is 117 Å². The van der Waals surface area contributed by atoms with E-state index in [-0.39, 0.29) is 12.0 Å². The maximum atomic E-state index is 11.4. The second-order valence-electron chi connectivity index (χ2n) is 4.87. The second kappa shape index (κ2) is 6.47. The molecule has 19 heavy (non-hydrogen) atoms. The van der Waals surface area contributed by atoms with Gasteiger partial charge in [0, 0.05) is 24.0 Å². The van der Waals surface area contributed by atoms with Gasteiger partial charge in [-0.25, -0.2) is 5.84 Å². The predicted molar refractivity (Wildman–Crippen MR) is 75.9 cm³/mol. The van der Waals surface area contributed by atoms with Gasteiger partial charge in [-0.05, 0) is 25.5 Å². The number of nitrogens with two attached hydrogens (primary N) is 1. The molecule has 1 aliphatic heterocycles. The SMILES string of the molecule is CCC1COC(C)CN1Cc1ccc(C(=O)NN)s1. The monoisotopic (exact) mass is 283 g/mol. The zero-order valence-electron chi connectivity index (χ0n) is 11.4. The molecule has 1 saturated heterocycles. The lowest BCUT2D eigenvalue weighted by atomic mass is 10.1. The Hall–Kier alpha value is -0.950. The van der Waals surface area contributed by atoms with Crippen LogP contribution in [0.1, 0.15) is 34.8 Å². The van der Waals surface area contributed by atoms with Crippen LogP contribution in [0.5, 0.6) is 0 Å². The highest BCUT2D eigenvalue weighted by Crippen LogP contribution is 2.22. The molecule has 5 nitrogen and oxygen atoms in total. The van der Waals surface area contributed by atoms with Crippen LogP contribution in [-0.2, 0) is 11.3 Å². The standard InChI is InChI=1S/C13H21N3O2S/c1-3-10-8-18-9(2)6-16(10)7-11-4-5-12(19-11)13(17)15-14/h4-5,9-10H,3,6-8,14H2,1-2H3,(H,15,17). The Kier molecular flexibility index (Phi) is 4.93. The molecule has 106 valence electrons. The molecule has 1 fully saturated rings. The number of hydrazine groups is 1. The first kappa shape index (κ1) is 14.5. The number of amides is 1. The van der Waals surface area contributed by atoms with Crippen molar-refractivity contribution in [1.29, 1.82) is 0 Å². The molecule has 3 N–H and O–H groups in total. The molecule has 6 heteroatoms. The van der Waals surface area contributed by atoms with Crippen LogP contribution in [0, 0.1) is 0 Å². The molecule has 0 aliphatic carbocycles. The number of hydrogen-bond donors (Lipinski definition) is 2. The molecule has 0 bridgehead atoms. The van der Waals surface area contributed by atoms with E-state index >= 15 is 0 Å². The van der Waals surface area contributed by atoms with Crippen molar-refractivity contribution in [2.45, 2.75) is 39.0 Å². The molecule has 0 saturated carbocycles. The van der Waals surface area contributed by atoms with E-state index < -0.39 is 0 Å². The number of nitrogens with zero attached hydrogens (tertiary/aromatic N) is 1. The third-order valence-electron chi connectivity index (χ3n) is 3.43. The van der Waals surface area contributed by atoms with Crippen molar-refractivity contribution < 1.29 is 9.53 Å². The van der Waals surface area contributed by atoms with Crippen LogP contribution in [0.3, 0.4) is 0 Å². The van der Waals surface area contributed by atoms with Crippen LogP contribution in [-0.4, -0.2) is 36.1 Å². The number of thiophene rings is 1. The van der Waals surface area contributed by atoms with Crippen LogP contribution in [0.4, 0.5) is 0 Å². The molecule has 0 radical (unpaired) electrons. The summed E-state index contributed by atoms with van der Waals surface area (Å²) in [6.45, 7) is 6.88. The van der Waals surface area contributed by atoms with Crippen molar-refractivity contribution in [3.63, 3.8) is 0 Å². The van der Waals surface area contributed by atoms with Gasteiger partial charge in [-0.15, -0.1) is 11.3 Å². The van der Waals surface area contributed by atoms with Gasteiger partial charge in [0.2, 0.25) is 0 Å². The molecule has 2 heterocycles. The average Bonchev–Trinajstić information content (AvgIpc) is 2.86. The fraction of sp³-hybridized carbons (Fsp3) is 0.615. The third kappa shape index (κ3) is 3.54. The maximum Gasteiger partial charge on any atom is 0.275 e. The highest BCUT2D eigenvalue weighted by molar-refractivity contribution is 7.14. The van der Waals surface area contributed by atoms with Gasteiger partial charge in [-0.3, -0.25) is 15.1 Å². The highest BCUT2D eigenvalue weighted by atomic mass is 32.1. The maximum absolute atomic E-state index is 11.4. The van der Waals surface area contributed by atoms with Crippen molar-refractivity contribution in [3.05, 3.63) is 21.9 Å². The normalized spacial score (nSPS) is 24.4. The Morgan fingerprint density at radius 1 is 1.63 bits per heavy atom. The van der Waals surface area contributed by atoms with E-state index in [0.717, 1.165) is 26.1 Å². The average molecular weight is 283 g/mol. The fourth-order valence-electron chi connectivity index (χ4n) is 2.34. The zero-order chi connectivity index (χ0) is 13.8. The van der Waals surface area contributed by atoms with Crippen molar-refractivity contribution in [2.24, 2.45) is 5.84 Å². The summed E-state index contributed by atoms with van der Waals surface area (Å²) >= 11 is 1.50. The minimum absolute atomic E-state index is 0.223. The Bertz CT molecular complexity index is 435. The fourth-order valence-corrected chi connectivity index (χ4v) is 3.28. The molecule has 0 aromatic carbocycles. The second-order valence-corrected chi connectivity index (χ2v) is 6.04. The molecule has 0 spiro atoms. The molecule has 2 unspecified atom stereocenters. The highest BCUT2D eigenvalue weighted by Gasteiger charge is 2.25. The Morgan fingerprint density at radius 2 is 2.42 bits per heavy atom. The van der Waals surface area contributed by atoms with E-state index in [1.54, 1.807) is 0 Å². The van der Waals surface area contributed by atoms with Gasteiger partial charge < -0.3 is 4.74 Å². The minimum atomic E-state index is -0.223. The van der Waals surface area contributed by atoms with E-state index in [2.05, 4.69) is 24.2 Å². The van der Waals surface area contributed by atoms with Gasteiger partial charge in [0.05, 0.1) is 17.6 Å². The number of morpholine rings is 1. The summed E-state index contributed by atoms with van der Waals surface area (Å²) in [4.78, 5) is 15.7. The number of nitrogen functional groups attached to an aromatic ring is 1. The summed E-state index contributed by atoms with van der Waals surface area (Å²) in [5.41, 5.74) is 2.16. The van der Waals surface area contributed by atoms with Crippen molar-refractivity contribution in [1.82, 2.24) is 10.3 Å². The van der Waals surface area contributed by atoms with Gasteiger partial charge in [0.1, 0.15) is 0 Å². The molecule has 1 amide bonds. The summed E-state index contributed by atoms with van der Waals surface area (Å²) in [6.07, 6.45) is 1.35. The smallest absolute Gasteiger partial charge is 0.275 e. The number of rotatable bonds is 4. The summed E-state index contributed by atoms with van der Waals surface area (Å²) < 4.78 is 5.69. The first-order chi connectivity index (χ1) is 9.13. The quantitative estimate of drug-likeness (QED) is 0.497. The van der Waals surface area contributed by atoms with E-state index in [1.807, 2.05) is 12.1 Å². The Morgan fingerprint density at radius 3 is 3.11 bits per heavy atom. The Balaban J connectivity index is 2.02. The molecule has 1 aromatic heterocycles. The topological polar surface area (TPSA) is 67.6 Å². The van der Waals surface area contributed by atoms with Crippen LogP contribution in [0.2, 0.25) is 0 Å². The van der Waals surface area contributed by atoms with E-state index in [0.29, 0.717) is 10.9 Å². The van der Waals surface area contributed by atoms with Crippen LogP contribution in [0.25, 0.3) is 0 Å². The number of carbonyl (C=O) groups is 1. The number of hydrogen-bond acceptors (Lipinski definition) is 5. The van der Waals surface area contributed by atoms with Crippen molar-refractivity contribution in [3.8, 4) is 0 Å². The van der Waals surface area contributed by atoms with Gasteiger partial charge in [0.25, 0.3) is 5.91 Å². The molecular weight excluding hydrogens is 262 g/mol.